The molecule has 1 unspecified atom stereocenters. The summed E-state index contributed by atoms with van der Waals surface area (Å²) in [7, 11) is 0. The highest BCUT2D eigenvalue weighted by Gasteiger charge is 2.44. The highest BCUT2D eigenvalue weighted by atomic mass is 32.2. The molecule has 0 aromatic heterocycles. The molecule has 0 aliphatic carbocycles. The molecule has 1 aliphatic heterocycles. The van der Waals surface area contributed by atoms with Gasteiger partial charge >= 0.3 is 0 Å². The van der Waals surface area contributed by atoms with E-state index in [2.05, 4.69) is 0 Å². The monoisotopic (exact) mass is 175 g/mol. The molecule has 0 radical (unpaired) electrons. The van der Waals surface area contributed by atoms with Gasteiger partial charge in [-0.1, -0.05) is 13.8 Å². The first-order valence-corrected chi connectivity index (χ1v) is 5.17. The number of hydrogen-bond donors (Lipinski definition) is 2. The molecule has 0 aromatic carbocycles. The maximum Gasteiger partial charge on any atom is 0.0808 e. The summed E-state index contributed by atoms with van der Waals surface area (Å²) < 4.78 is 0. The quantitative estimate of drug-likeness (QED) is 0.654. The standard InChI is InChI=1S/C8H17NOS/c1-7(2,5-9)8(10)3-4-11-6-8/h10H,3-6,9H2,1-2H3. The lowest BCUT2D eigenvalue weighted by atomic mass is 9.74. The maximum atomic E-state index is 10.1. The average Bonchev–Trinajstić information content (AvgIpc) is 2.38. The van der Waals surface area contributed by atoms with Crippen molar-refractivity contribution in [3.8, 4) is 0 Å². The van der Waals surface area contributed by atoms with Gasteiger partial charge in [0.25, 0.3) is 0 Å². The summed E-state index contributed by atoms with van der Waals surface area (Å²) in [5.41, 5.74) is 4.95. The molecule has 1 atom stereocenters. The lowest BCUT2D eigenvalue weighted by Crippen LogP contribution is -2.49. The highest BCUT2D eigenvalue weighted by molar-refractivity contribution is 7.99. The fraction of sp³-hybridized carbons (Fsp3) is 1.00. The van der Waals surface area contributed by atoms with E-state index in [1.165, 1.54) is 0 Å². The molecule has 2 nitrogen and oxygen atoms in total. The van der Waals surface area contributed by atoms with E-state index in [1.54, 1.807) is 0 Å². The Kier molecular flexibility index (Phi) is 2.52. The lowest BCUT2D eigenvalue weighted by Gasteiger charge is -2.38. The first-order chi connectivity index (χ1) is 5.02. The Labute approximate surface area is 72.5 Å². The third-order valence-electron chi connectivity index (χ3n) is 2.77. The summed E-state index contributed by atoms with van der Waals surface area (Å²) in [6, 6.07) is 0. The molecule has 11 heavy (non-hydrogen) atoms. The lowest BCUT2D eigenvalue weighted by molar-refractivity contribution is -0.0388. The summed E-state index contributed by atoms with van der Waals surface area (Å²) in [5.74, 6) is 1.91. The van der Waals surface area contributed by atoms with Crippen LogP contribution < -0.4 is 5.73 Å². The van der Waals surface area contributed by atoms with Crippen molar-refractivity contribution in [3.63, 3.8) is 0 Å². The molecule has 3 heteroatoms. The molecule has 0 aromatic rings. The molecule has 3 N–H and O–H groups in total. The summed E-state index contributed by atoms with van der Waals surface area (Å²) >= 11 is 1.82. The second-order valence-electron chi connectivity index (χ2n) is 3.92. The van der Waals surface area contributed by atoms with Crippen LogP contribution in [-0.2, 0) is 0 Å². The van der Waals surface area contributed by atoms with Crippen molar-refractivity contribution in [1.29, 1.82) is 0 Å². The summed E-state index contributed by atoms with van der Waals surface area (Å²) in [6.07, 6.45) is 0.891. The minimum absolute atomic E-state index is 0.128. The van der Waals surface area contributed by atoms with E-state index < -0.39 is 5.60 Å². The smallest absolute Gasteiger partial charge is 0.0808 e. The summed E-state index contributed by atoms with van der Waals surface area (Å²) in [4.78, 5) is 0. The zero-order valence-electron chi connectivity index (χ0n) is 7.26. The molecule has 1 fully saturated rings. The number of thioether (sulfide) groups is 1. The SMILES string of the molecule is CC(C)(CN)C1(O)CCSC1. The molecule has 1 heterocycles. The van der Waals surface area contributed by atoms with Gasteiger partial charge in [-0.2, -0.15) is 11.8 Å². The number of hydrogen-bond acceptors (Lipinski definition) is 3. The van der Waals surface area contributed by atoms with Gasteiger partial charge in [-0.25, -0.2) is 0 Å². The molecule has 1 saturated heterocycles. The van der Waals surface area contributed by atoms with Crippen LogP contribution in [-0.4, -0.2) is 28.8 Å². The predicted molar refractivity (Wildman–Crippen MR) is 49.7 cm³/mol. The maximum absolute atomic E-state index is 10.1. The normalized spacial score (nSPS) is 32.7. The van der Waals surface area contributed by atoms with Gasteiger partial charge in [0.1, 0.15) is 0 Å². The second-order valence-corrected chi connectivity index (χ2v) is 5.03. The highest BCUT2D eigenvalue weighted by Crippen LogP contribution is 2.40. The van der Waals surface area contributed by atoms with E-state index in [9.17, 15) is 5.11 Å². The number of rotatable bonds is 2. The topological polar surface area (TPSA) is 46.2 Å². The van der Waals surface area contributed by atoms with Crippen LogP contribution in [0.4, 0.5) is 0 Å². The van der Waals surface area contributed by atoms with E-state index in [0.717, 1.165) is 17.9 Å². The van der Waals surface area contributed by atoms with Gasteiger partial charge in [0, 0.05) is 17.7 Å². The van der Waals surface area contributed by atoms with Gasteiger partial charge in [-0.3, -0.25) is 0 Å². The van der Waals surface area contributed by atoms with Gasteiger partial charge in [0.2, 0.25) is 0 Å². The van der Waals surface area contributed by atoms with Crippen molar-refractivity contribution < 1.29 is 5.11 Å². The first-order valence-electron chi connectivity index (χ1n) is 4.02. The van der Waals surface area contributed by atoms with Crippen molar-refractivity contribution in [2.24, 2.45) is 11.1 Å². The molecular weight excluding hydrogens is 158 g/mol. The van der Waals surface area contributed by atoms with Gasteiger partial charge in [0.05, 0.1) is 5.60 Å². The molecule has 66 valence electrons. The van der Waals surface area contributed by atoms with Crippen LogP contribution in [0.1, 0.15) is 20.3 Å². The van der Waals surface area contributed by atoms with Gasteiger partial charge in [-0.15, -0.1) is 0 Å². The van der Waals surface area contributed by atoms with E-state index in [4.69, 9.17) is 5.73 Å². The van der Waals surface area contributed by atoms with Crippen LogP contribution in [0.2, 0.25) is 0 Å². The number of aliphatic hydroxyl groups is 1. The van der Waals surface area contributed by atoms with Crippen LogP contribution in [0.25, 0.3) is 0 Å². The third-order valence-corrected chi connectivity index (χ3v) is 3.95. The molecule has 0 spiro atoms. The van der Waals surface area contributed by atoms with Crippen LogP contribution in [0, 0.1) is 5.41 Å². The Morgan fingerprint density at radius 2 is 2.27 bits per heavy atom. The fourth-order valence-corrected chi connectivity index (χ4v) is 2.78. The van der Waals surface area contributed by atoms with Gasteiger partial charge < -0.3 is 10.8 Å². The van der Waals surface area contributed by atoms with Crippen LogP contribution in [0.15, 0.2) is 0 Å². The molecule has 0 bridgehead atoms. The Morgan fingerprint density at radius 3 is 2.64 bits per heavy atom. The van der Waals surface area contributed by atoms with Gasteiger partial charge in [0.15, 0.2) is 0 Å². The van der Waals surface area contributed by atoms with Crippen molar-refractivity contribution in [3.05, 3.63) is 0 Å². The molecule has 0 saturated carbocycles. The fourth-order valence-electron chi connectivity index (χ4n) is 1.28. The Bertz CT molecular complexity index is 141. The molecule has 1 rings (SSSR count). The van der Waals surface area contributed by atoms with E-state index in [0.29, 0.717) is 6.54 Å². The van der Waals surface area contributed by atoms with Crippen LogP contribution in [0.3, 0.4) is 0 Å². The van der Waals surface area contributed by atoms with Crippen LogP contribution in [0.5, 0.6) is 0 Å². The summed E-state index contributed by atoms with van der Waals surface area (Å²) in [5, 5.41) is 10.1. The van der Waals surface area contributed by atoms with Crippen molar-refractivity contribution >= 4 is 11.8 Å². The molecular formula is C8H17NOS. The molecule has 0 amide bonds. The number of nitrogens with two attached hydrogens (primary N) is 1. The minimum Gasteiger partial charge on any atom is -0.388 e. The average molecular weight is 175 g/mol. The molecule has 1 aliphatic rings. The Morgan fingerprint density at radius 1 is 1.64 bits per heavy atom. The van der Waals surface area contributed by atoms with E-state index in [1.807, 2.05) is 25.6 Å². The summed E-state index contributed by atoms with van der Waals surface area (Å²) in [6.45, 7) is 4.64. The minimum atomic E-state index is -0.521. The van der Waals surface area contributed by atoms with Gasteiger partial charge in [-0.05, 0) is 12.2 Å². The second kappa shape index (κ2) is 2.96. The van der Waals surface area contributed by atoms with E-state index in [-0.39, 0.29) is 5.41 Å². The van der Waals surface area contributed by atoms with Crippen molar-refractivity contribution in [2.75, 3.05) is 18.1 Å². The Balaban J connectivity index is 2.69. The first kappa shape index (κ1) is 9.36. The largest absolute Gasteiger partial charge is 0.388 e. The van der Waals surface area contributed by atoms with E-state index >= 15 is 0 Å². The van der Waals surface area contributed by atoms with Crippen molar-refractivity contribution in [1.82, 2.24) is 0 Å². The van der Waals surface area contributed by atoms with Crippen molar-refractivity contribution in [2.45, 2.75) is 25.9 Å². The van der Waals surface area contributed by atoms with Crippen LogP contribution >= 0.6 is 11.8 Å². The zero-order chi connectivity index (χ0) is 8.54. The zero-order valence-corrected chi connectivity index (χ0v) is 8.08. The Hall–Kier alpha value is 0.270. The third kappa shape index (κ3) is 1.55. The predicted octanol–water partition coefficient (Wildman–Crippen LogP) is 0.839.